The number of rotatable bonds is 8. The number of alkyl halides is 1. The Balaban J connectivity index is 2.00. The fourth-order valence-electron chi connectivity index (χ4n) is 1.26. The molecule has 0 heterocycles. The summed E-state index contributed by atoms with van der Waals surface area (Å²) in [6.45, 7) is 2.36. The van der Waals surface area contributed by atoms with Gasteiger partial charge >= 0.3 is 0 Å². The normalized spacial score (nSPS) is 12.6. The van der Waals surface area contributed by atoms with Gasteiger partial charge in [-0.25, -0.2) is 0 Å². The highest BCUT2D eigenvalue weighted by Gasteiger charge is 2.02. The Hall–Kier alpha value is -0.220. The molecule has 1 unspecified atom stereocenters. The Kier molecular flexibility index (Phi) is 7.68. The molecule has 1 N–H and O–H groups in total. The molecule has 16 heavy (non-hydrogen) atoms. The van der Waals surface area contributed by atoms with E-state index in [1.807, 2.05) is 17.8 Å². The van der Waals surface area contributed by atoms with Crippen molar-refractivity contribution in [1.29, 1.82) is 0 Å². The highest BCUT2D eigenvalue weighted by atomic mass is 35.5. The summed E-state index contributed by atoms with van der Waals surface area (Å²) in [5, 5.41) is 3.37. The van der Waals surface area contributed by atoms with Gasteiger partial charge in [-0.3, -0.25) is 0 Å². The molecule has 0 aliphatic rings. The van der Waals surface area contributed by atoms with Crippen molar-refractivity contribution in [3.8, 4) is 0 Å². The third-order valence-electron chi connectivity index (χ3n) is 2.00. The van der Waals surface area contributed by atoms with Crippen molar-refractivity contribution in [2.24, 2.45) is 0 Å². The summed E-state index contributed by atoms with van der Waals surface area (Å²) in [6, 6.07) is 10.4. The monoisotopic (exact) mass is 259 g/mol. The van der Waals surface area contributed by atoms with Crippen LogP contribution in [0.2, 0.25) is 0 Å². The van der Waals surface area contributed by atoms with Crippen LogP contribution in [0.5, 0.6) is 0 Å². The van der Waals surface area contributed by atoms with Crippen molar-refractivity contribution >= 4 is 23.4 Å². The summed E-state index contributed by atoms with van der Waals surface area (Å²) in [4.78, 5) is 1.31. The average molecular weight is 260 g/mol. The zero-order chi connectivity index (χ0) is 11.6. The number of nitrogens with one attached hydrogen (secondary N) is 1. The van der Waals surface area contributed by atoms with E-state index in [9.17, 15) is 0 Å². The lowest BCUT2D eigenvalue weighted by Crippen LogP contribution is -2.27. The van der Waals surface area contributed by atoms with Gasteiger partial charge in [-0.05, 0) is 12.1 Å². The lowest BCUT2D eigenvalue weighted by Gasteiger charge is -2.09. The average Bonchev–Trinajstić information content (AvgIpc) is 2.30. The molecular formula is C12H18ClNOS. The van der Waals surface area contributed by atoms with E-state index in [0.717, 1.165) is 18.8 Å². The van der Waals surface area contributed by atoms with Gasteiger partial charge in [0.1, 0.15) is 0 Å². The van der Waals surface area contributed by atoms with Crippen molar-refractivity contribution in [3.05, 3.63) is 30.3 Å². The van der Waals surface area contributed by atoms with Gasteiger partial charge in [-0.1, -0.05) is 18.2 Å². The molecule has 4 heteroatoms. The number of ether oxygens (including phenoxy) is 1. The SMILES string of the molecule is COCC(Cl)CNCCSc1ccccc1. The Labute approximate surface area is 107 Å². The molecule has 0 bridgehead atoms. The maximum absolute atomic E-state index is 5.98. The first-order chi connectivity index (χ1) is 7.83. The second-order valence-corrected chi connectivity index (χ2v) is 5.20. The quantitative estimate of drug-likeness (QED) is 0.441. The highest BCUT2D eigenvalue weighted by molar-refractivity contribution is 7.99. The molecule has 0 saturated heterocycles. The molecular weight excluding hydrogens is 242 g/mol. The zero-order valence-electron chi connectivity index (χ0n) is 9.49. The fourth-order valence-corrected chi connectivity index (χ4v) is 2.32. The van der Waals surface area contributed by atoms with Gasteiger partial charge in [-0.15, -0.1) is 23.4 Å². The first-order valence-corrected chi connectivity index (χ1v) is 6.76. The second-order valence-electron chi connectivity index (χ2n) is 3.42. The molecule has 1 atom stereocenters. The number of hydrogen-bond acceptors (Lipinski definition) is 3. The molecule has 0 aromatic heterocycles. The second kappa shape index (κ2) is 8.88. The van der Waals surface area contributed by atoms with Crippen molar-refractivity contribution in [3.63, 3.8) is 0 Å². The molecule has 90 valence electrons. The molecule has 0 fully saturated rings. The number of halogens is 1. The van der Waals surface area contributed by atoms with Crippen LogP contribution in [0.1, 0.15) is 0 Å². The molecule has 0 aliphatic carbocycles. The Bertz CT molecular complexity index is 271. The van der Waals surface area contributed by atoms with Gasteiger partial charge < -0.3 is 10.1 Å². The van der Waals surface area contributed by atoms with Crippen molar-refractivity contribution in [2.45, 2.75) is 10.3 Å². The third kappa shape index (κ3) is 6.38. The minimum atomic E-state index is 0.0618. The predicted molar refractivity (Wildman–Crippen MR) is 71.6 cm³/mol. The van der Waals surface area contributed by atoms with Crippen LogP contribution in [-0.2, 0) is 4.74 Å². The maximum atomic E-state index is 5.98. The summed E-state index contributed by atoms with van der Waals surface area (Å²) in [5.41, 5.74) is 0. The lowest BCUT2D eigenvalue weighted by atomic mass is 10.4. The summed E-state index contributed by atoms with van der Waals surface area (Å²) >= 11 is 7.83. The third-order valence-corrected chi connectivity index (χ3v) is 3.30. The molecule has 0 aliphatic heterocycles. The molecule has 0 amide bonds. The number of hydrogen-bond donors (Lipinski definition) is 1. The van der Waals surface area contributed by atoms with E-state index in [2.05, 4.69) is 29.6 Å². The van der Waals surface area contributed by atoms with Gasteiger partial charge in [0.05, 0.1) is 12.0 Å². The molecule has 1 aromatic carbocycles. The van der Waals surface area contributed by atoms with E-state index >= 15 is 0 Å². The molecule has 0 radical (unpaired) electrons. The highest BCUT2D eigenvalue weighted by Crippen LogP contribution is 2.15. The van der Waals surface area contributed by atoms with Crippen LogP contribution in [-0.4, -0.2) is 37.9 Å². The largest absolute Gasteiger partial charge is 0.383 e. The minimum Gasteiger partial charge on any atom is -0.383 e. The summed E-state index contributed by atoms with van der Waals surface area (Å²) < 4.78 is 4.95. The summed E-state index contributed by atoms with van der Waals surface area (Å²) in [5.74, 6) is 1.06. The van der Waals surface area contributed by atoms with E-state index in [1.165, 1.54) is 4.90 Å². The van der Waals surface area contributed by atoms with Gasteiger partial charge in [0.15, 0.2) is 0 Å². The zero-order valence-corrected chi connectivity index (χ0v) is 11.1. The van der Waals surface area contributed by atoms with E-state index in [0.29, 0.717) is 6.61 Å². The van der Waals surface area contributed by atoms with E-state index in [4.69, 9.17) is 16.3 Å². The molecule has 0 spiro atoms. The van der Waals surface area contributed by atoms with Crippen LogP contribution in [0, 0.1) is 0 Å². The van der Waals surface area contributed by atoms with Crippen LogP contribution >= 0.6 is 23.4 Å². The Morgan fingerprint density at radius 1 is 1.38 bits per heavy atom. The smallest absolute Gasteiger partial charge is 0.0693 e. The lowest BCUT2D eigenvalue weighted by molar-refractivity contribution is 0.197. The first-order valence-electron chi connectivity index (χ1n) is 5.34. The Morgan fingerprint density at radius 3 is 2.81 bits per heavy atom. The number of benzene rings is 1. The first kappa shape index (κ1) is 13.8. The predicted octanol–water partition coefficient (Wildman–Crippen LogP) is 2.62. The van der Waals surface area contributed by atoms with E-state index in [1.54, 1.807) is 7.11 Å². The van der Waals surface area contributed by atoms with Crippen LogP contribution in [0.3, 0.4) is 0 Å². The number of methoxy groups -OCH3 is 1. The molecule has 1 aromatic rings. The molecule has 2 nitrogen and oxygen atoms in total. The van der Waals surface area contributed by atoms with E-state index < -0.39 is 0 Å². The van der Waals surface area contributed by atoms with Crippen LogP contribution in [0.4, 0.5) is 0 Å². The van der Waals surface area contributed by atoms with Gasteiger partial charge in [0, 0.05) is 30.8 Å². The van der Waals surface area contributed by atoms with Crippen molar-refractivity contribution < 1.29 is 4.74 Å². The van der Waals surface area contributed by atoms with Crippen LogP contribution < -0.4 is 5.32 Å². The fraction of sp³-hybridized carbons (Fsp3) is 0.500. The van der Waals surface area contributed by atoms with E-state index in [-0.39, 0.29) is 5.38 Å². The van der Waals surface area contributed by atoms with Gasteiger partial charge in [0.2, 0.25) is 0 Å². The summed E-state index contributed by atoms with van der Waals surface area (Å²) in [7, 11) is 1.67. The minimum absolute atomic E-state index is 0.0618. The number of thioether (sulfide) groups is 1. The van der Waals surface area contributed by atoms with Gasteiger partial charge in [-0.2, -0.15) is 0 Å². The standard InChI is InChI=1S/C12H18ClNOS/c1-15-10-11(13)9-14-7-8-16-12-5-3-2-4-6-12/h2-6,11,14H,7-10H2,1H3. The maximum Gasteiger partial charge on any atom is 0.0693 e. The van der Waals surface area contributed by atoms with Crippen molar-refractivity contribution in [2.75, 3.05) is 32.6 Å². The molecule has 1 rings (SSSR count). The van der Waals surface area contributed by atoms with Gasteiger partial charge in [0.25, 0.3) is 0 Å². The van der Waals surface area contributed by atoms with Crippen LogP contribution in [0.25, 0.3) is 0 Å². The molecule has 0 saturated carbocycles. The van der Waals surface area contributed by atoms with Crippen molar-refractivity contribution in [1.82, 2.24) is 5.32 Å². The Morgan fingerprint density at radius 2 is 2.12 bits per heavy atom. The topological polar surface area (TPSA) is 21.3 Å². The van der Waals surface area contributed by atoms with Crippen LogP contribution in [0.15, 0.2) is 35.2 Å². The summed E-state index contributed by atoms with van der Waals surface area (Å²) in [6.07, 6.45) is 0.